The second-order valence-electron chi connectivity index (χ2n) is 6.26. The van der Waals surface area contributed by atoms with Crippen LogP contribution in [0.25, 0.3) is 0 Å². The molecule has 2 aromatic rings. The van der Waals surface area contributed by atoms with Gasteiger partial charge in [-0.15, -0.1) is 0 Å². The molecule has 1 aromatic heterocycles. The Morgan fingerprint density at radius 1 is 1.29 bits per heavy atom. The molecule has 128 valence electrons. The minimum atomic E-state index is 0.0752. The van der Waals surface area contributed by atoms with Crippen molar-refractivity contribution in [2.75, 3.05) is 20.2 Å². The zero-order chi connectivity index (χ0) is 17.1. The van der Waals surface area contributed by atoms with E-state index in [1.165, 1.54) is 0 Å². The van der Waals surface area contributed by atoms with E-state index in [9.17, 15) is 4.79 Å². The lowest BCUT2D eigenvalue weighted by Gasteiger charge is -2.33. The number of Topliss-reactive ketones (excluding diaryl/α,β-unsaturated/α-hetero) is 1. The minimum Gasteiger partial charge on any atom is -0.497 e. The molecule has 1 atom stereocenters. The van der Waals surface area contributed by atoms with Gasteiger partial charge in [0.25, 0.3) is 0 Å². The molecule has 1 aliphatic rings. The molecule has 0 bridgehead atoms. The Balaban J connectivity index is 1.58. The van der Waals surface area contributed by atoms with Gasteiger partial charge in [0.15, 0.2) is 11.6 Å². The van der Waals surface area contributed by atoms with Gasteiger partial charge < -0.3 is 9.26 Å². The topological polar surface area (TPSA) is 68.5 Å². The highest BCUT2D eigenvalue weighted by Crippen LogP contribution is 2.28. The smallest absolute Gasteiger partial charge is 0.243 e. The average Bonchev–Trinajstić information content (AvgIpc) is 3.07. The molecule has 2 heterocycles. The molecular weight excluding hydrogens is 306 g/mol. The van der Waals surface area contributed by atoms with Gasteiger partial charge in [0, 0.05) is 11.5 Å². The summed E-state index contributed by atoms with van der Waals surface area (Å²) in [6.07, 6.45) is 1.70. The number of hydrogen-bond acceptors (Lipinski definition) is 6. The molecule has 6 nitrogen and oxygen atoms in total. The molecule has 0 N–H and O–H groups in total. The third-order valence-corrected chi connectivity index (χ3v) is 4.72. The molecule has 0 aliphatic carbocycles. The molecule has 0 saturated carbocycles. The van der Waals surface area contributed by atoms with Crippen molar-refractivity contribution in [3.63, 3.8) is 0 Å². The van der Waals surface area contributed by atoms with Crippen LogP contribution in [0.15, 0.2) is 28.8 Å². The lowest BCUT2D eigenvalue weighted by atomic mass is 9.88. The first kappa shape index (κ1) is 16.6. The maximum Gasteiger partial charge on any atom is 0.243 e. The summed E-state index contributed by atoms with van der Waals surface area (Å²) in [6, 6.07) is 7.45. The van der Waals surface area contributed by atoms with E-state index in [2.05, 4.69) is 22.0 Å². The van der Waals surface area contributed by atoms with Crippen LogP contribution in [0.3, 0.4) is 0 Å². The summed E-state index contributed by atoms with van der Waals surface area (Å²) in [5, 5.41) is 3.85. The second kappa shape index (κ2) is 7.13. The highest BCUT2D eigenvalue weighted by atomic mass is 16.5. The van der Waals surface area contributed by atoms with E-state index in [1.807, 2.05) is 31.2 Å². The van der Waals surface area contributed by atoms with Gasteiger partial charge >= 0.3 is 0 Å². The molecule has 1 fully saturated rings. The monoisotopic (exact) mass is 329 g/mol. The summed E-state index contributed by atoms with van der Waals surface area (Å²) in [4.78, 5) is 19.3. The quantitative estimate of drug-likeness (QED) is 0.785. The Labute approximate surface area is 141 Å². The van der Waals surface area contributed by atoms with Crippen LogP contribution in [0.5, 0.6) is 5.75 Å². The SMILES string of the molecule is COc1ccc(C(=O)C2CCN(C(C)c3nc(C)no3)CC2)cc1. The number of ketones is 1. The fourth-order valence-electron chi connectivity index (χ4n) is 3.18. The lowest BCUT2D eigenvalue weighted by molar-refractivity contribution is 0.0774. The van der Waals surface area contributed by atoms with Crippen LogP contribution < -0.4 is 4.74 Å². The summed E-state index contributed by atoms with van der Waals surface area (Å²) in [5.74, 6) is 2.36. The zero-order valence-corrected chi connectivity index (χ0v) is 14.4. The summed E-state index contributed by atoms with van der Waals surface area (Å²) < 4.78 is 10.4. The Kier molecular flexibility index (Phi) is 4.94. The number of aryl methyl sites for hydroxylation is 1. The first-order chi connectivity index (χ1) is 11.6. The van der Waals surface area contributed by atoms with Crippen molar-refractivity contribution in [2.45, 2.75) is 32.7 Å². The average molecular weight is 329 g/mol. The van der Waals surface area contributed by atoms with E-state index in [0.717, 1.165) is 37.2 Å². The molecule has 1 unspecified atom stereocenters. The van der Waals surface area contributed by atoms with E-state index >= 15 is 0 Å². The lowest BCUT2D eigenvalue weighted by Crippen LogP contribution is -2.38. The van der Waals surface area contributed by atoms with E-state index in [-0.39, 0.29) is 17.7 Å². The molecule has 0 radical (unpaired) electrons. The number of methoxy groups -OCH3 is 1. The first-order valence-electron chi connectivity index (χ1n) is 8.31. The Morgan fingerprint density at radius 3 is 2.50 bits per heavy atom. The number of hydrogen-bond donors (Lipinski definition) is 0. The van der Waals surface area contributed by atoms with Gasteiger partial charge in [0.1, 0.15) is 5.75 Å². The number of likely N-dealkylation sites (tertiary alicyclic amines) is 1. The summed E-state index contributed by atoms with van der Waals surface area (Å²) in [6.45, 7) is 5.60. The van der Waals surface area contributed by atoms with Crippen molar-refractivity contribution < 1.29 is 14.1 Å². The molecule has 6 heteroatoms. The third kappa shape index (κ3) is 3.48. The number of ether oxygens (including phenoxy) is 1. The number of piperidine rings is 1. The van der Waals surface area contributed by atoms with Gasteiger partial charge in [0.05, 0.1) is 13.2 Å². The van der Waals surface area contributed by atoms with Crippen LogP contribution in [-0.2, 0) is 0 Å². The molecule has 0 amide bonds. The minimum absolute atomic E-state index is 0.0752. The Bertz CT molecular complexity index is 688. The van der Waals surface area contributed by atoms with Gasteiger partial charge in [-0.2, -0.15) is 4.98 Å². The summed E-state index contributed by atoms with van der Waals surface area (Å²) in [7, 11) is 1.62. The highest BCUT2D eigenvalue weighted by Gasteiger charge is 2.30. The largest absolute Gasteiger partial charge is 0.497 e. The first-order valence-corrected chi connectivity index (χ1v) is 8.31. The van der Waals surface area contributed by atoms with Gasteiger partial charge in [0.2, 0.25) is 5.89 Å². The van der Waals surface area contributed by atoms with Crippen LogP contribution >= 0.6 is 0 Å². The van der Waals surface area contributed by atoms with Crippen molar-refractivity contribution in [3.05, 3.63) is 41.5 Å². The van der Waals surface area contributed by atoms with Crippen molar-refractivity contribution in [2.24, 2.45) is 5.92 Å². The number of carbonyl (C=O) groups excluding carboxylic acids is 1. The van der Waals surface area contributed by atoms with Crippen LogP contribution in [0.2, 0.25) is 0 Å². The van der Waals surface area contributed by atoms with Crippen LogP contribution in [0.1, 0.15) is 47.9 Å². The van der Waals surface area contributed by atoms with Crippen molar-refractivity contribution in [1.82, 2.24) is 15.0 Å². The van der Waals surface area contributed by atoms with E-state index < -0.39 is 0 Å². The second-order valence-corrected chi connectivity index (χ2v) is 6.26. The van der Waals surface area contributed by atoms with Gasteiger partial charge in [-0.3, -0.25) is 9.69 Å². The third-order valence-electron chi connectivity index (χ3n) is 4.72. The highest BCUT2D eigenvalue weighted by molar-refractivity contribution is 5.98. The van der Waals surface area contributed by atoms with Crippen LogP contribution in [0.4, 0.5) is 0 Å². The Hall–Kier alpha value is -2.21. The number of rotatable bonds is 5. The van der Waals surface area contributed by atoms with Crippen LogP contribution in [-0.4, -0.2) is 41.0 Å². The molecular formula is C18H23N3O3. The molecule has 1 aromatic carbocycles. The molecule has 24 heavy (non-hydrogen) atoms. The van der Waals surface area contributed by atoms with E-state index in [0.29, 0.717) is 11.7 Å². The fourth-order valence-corrected chi connectivity index (χ4v) is 3.18. The molecule has 0 spiro atoms. The van der Waals surface area contributed by atoms with Gasteiger partial charge in [-0.25, -0.2) is 0 Å². The molecule has 3 rings (SSSR count). The van der Waals surface area contributed by atoms with E-state index in [4.69, 9.17) is 9.26 Å². The van der Waals surface area contributed by atoms with Crippen LogP contribution in [0, 0.1) is 12.8 Å². The van der Waals surface area contributed by atoms with Crippen molar-refractivity contribution in [1.29, 1.82) is 0 Å². The van der Waals surface area contributed by atoms with Crippen molar-refractivity contribution >= 4 is 5.78 Å². The van der Waals surface area contributed by atoms with E-state index in [1.54, 1.807) is 7.11 Å². The maximum absolute atomic E-state index is 12.6. The zero-order valence-electron chi connectivity index (χ0n) is 14.4. The van der Waals surface area contributed by atoms with Gasteiger partial charge in [-0.05, 0) is 64.0 Å². The normalized spacial score (nSPS) is 17.6. The summed E-state index contributed by atoms with van der Waals surface area (Å²) in [5.41, 5.74) is 0.759. The number of benzene rings is 1. The number of carbonyl (C=O) groups is 1. The number of nitrogens with zero attached hydrogens (tertiary/aromatic N) is 3. The maximum atomic E-state index is 12.6. The number of aromatic nitrogens is 2. The summed E-state index contributed by atoms with van der Waals surface area (Å²) >= 11 is 0. The van der Waals surface area contributed by atoms with Gasteiger partial charge in [-0.1, -0.05) is 5.16 Å². The fraction of sp³-hybridized carbons (Fsp3) is 0.500. The standard InChI is InChI=1S/C18H23N3O3/c1-12(18-19-13(2)20-24-18)21-10-8-15(9-11-21)17(22)14-4-6-16(23-3)7-5-14/h4-7,12,15H,8-11H2,1-3H3. The molecule has 1 aliphatic heterocycles. The predicted molar refractivity (Wildman–Crippen MR) is 89.1 cm³/mol. The Morgan fingerprint density at radius 2 is 1.96 bits per heavy atom. The predicted octanol–water partition coefficient (Wildman–Crippen LogP) is 3.04. The van der Waals surface area contributed by atoms with Crippen molar-refractivity contribution in [3.8, 4) is 5.75 Å². The molecule has 1 saturated heterocycles.